The van der Waals surface area contributed by atoms with Crippen molar-refractivity contribution in [3.05, 3.63) is 102 Å². The number of hydrogen-bond acceptors (Lipinski definition) is 3. The van der Waals surface area contributed by atoms with Gasteiger partial charge in [0.25, 0.3) is 5.91 Å². The van der Waals surface area contributed by atoms with Crippen LogP contribution in [0.3, 0.4) is 0 Å². The highest BCUT2D eigenvalue weighted by molar-refractivity contribution is 6.00. The number of aryl methyl sites for hydroxylation is 1. The van der Waals surface area contributed by atoms with Gasteiger partial charge >= 0.3 is 0 Å². The van der Waals surface area contributed by atoms with Crippen LogP contribution in [0.2, 0.25) is 0 Å². The fraction of sp³-hybridized carbons (Fsp3) is 0.344. The zero-order valence-corrected chi connectivity index (χ0v) is 22.2. The molecule has 1 saturated carbocycles. The SMILES string of the molecule is Cc1ccccc1C(=O)N[C@@](C)(Cc1c[nH]c2ccccc12)C(=O)NCC1(c2ccccn2)CCCCC1. The first-order valence-electron chi connectivity index (χ1n) is 13.5. The van der Waals surface area contributed by atoms with Crippen molar-refractivity contribution in [1.29, 1.82) is 0 Å². The highest BCUT2D eigenvalue weighted by Crippen LogP contribution is 2.38. The fourth-order valence-electron chi connectivity index (χ4n) is 5.86. The molecular weight excluding hydrogens is 472 g/mol. The molecule has 1 aliphatic rings. The summed E-state index contributed by atoms with van der Waals surface area (Å²) in [7, 11) is 0. The molecular formula is C32H36N4O2. The van der Waals surface area contributed by atoms with Crippen molar-refractivity contribution in [2.75, 3.05) is 6.54 Å². The molecule has 0 spiro atoms. The lowest BCUT2D eigenvalue weighted by molar-refractivity contribution is -0.127. The number of nitrogens with one attached hydrogen (secondary N) is 3. The van der Waals surface area contributed by atoms with Crippen molar-refractivity contribution in [3.8, 4) is 0 Å². The molecule has 38 heavy (non-hydrogen) atoms. The summed E-state index contributed by atoms with van der Waals surface area (Å²) in [6, 6.07) is 21.5. The van der Waals surface area contributed by atoms with Gasteiger partial charge in [0.05, 0.1) is 0 Å². The van der Waals surface area contributed by atoms with Crippen LogP contribution in [0.5, 0.6) is 0 Å². The van der Waals surface area contributed by atoms with E-state index in [0.717, 1.165) is 53.4 Å². The topological polar surface area (TPSA) is 86.9 Å². The van der Waals surface area contributed by atoms with Gasteiger partial charge in [0.15, 0.2) is 0 Å². The summed E-state index contributed by atoms with van der Waals surface area (Å²) in [4.78, 5) is 35.5. The predicted molar refractivity (Wildman–Crippen MR) is 151 cm³/mol. The molecule has 1 aliphatic carbocycles. The lowest BCUT2D eigenvalue weighted by Crippen LogP contribution is -2.59. The number of H-pyrrole nitrogens is 1. The van der Waals surface area contributed by atoms with Gasteiger partial charge in [-0.3, -0.25) is 14.6 Å². The first-order chi connectivity index (χ1) is 18.4. The molecule has 3 N–H and O–H groups in total. The number of nitrogens with zero attached hydrogens (tertiary/aromatic N) is 1. The lowest BCUT2D eigenvalue weighted by Gasteiger charge is -2.38. The van der Waals surface area contributed by atoms with Crippen LogP contribution >= 0.6 is 0 Å². The van der Waals surface area contributed by atoms with Gasteiger partial charge in [-0.25, -0.2) is 0 Å². The Morgan fingerprint density at radius 1 is 0.974 bits per heavy atom. The number of rotatable bonds is 8. The Morgan fingerprint density at radius 3 is 2.47 bits per heavy atom. The van der Waals surface area contributed by atoms with E-state index in [1.807, 2.05) is 80.8 Å². The molecule has 196 valence electrons. The second kappa shape index (κ2) is 10.8. The van der Waals surface area contributed by atoms with E-state index in [1.165, 1.54) is 6.42 Å². The average Bonchev–Trinajstić information content (AvgIpc) is 3.35. The van der Waals surface area contributed by atoms with Crippen molar-refractivity contribution < 1.29 is 9.59 Å². The van der Waals surface area contributed by atoms with Crippen molar-refractivity contribution in [2.45, 2.75) is 63.3 Å². The number of para-hydroxylation sites is 1. The minimum absolute atomic E-state index is 0.189. The molecule has 2 aromatic heterocycles. The van der Waals surface area contributed by atoms with Crippen LogP contribution in [0.15, 0.2) is 79.1 Å². The molecule has 1 fully saturated rings. The predicted octanol–water partition coefficient (Wildman–Crippen LogP) is 5.62. The number of hydrogen-bond donors (Lipinski definition) is 3. The zero-order valence-electron chi connectivity index (χ0n) is 22.2. The Bertz CT molecular complexity index is 1420. The summed E-state index contributed by atoms with van der Waals surface area (Å²) >= 11 is 0. The molecule has 0 unspecified atom stereocenters. The molecule has 2 heterocycles. The second-order valence-corrected chi connectivity index (χ2v) is 10.9. The molecule has 6 heteroatoms. The van der Waals surface area contributed by atoms with E-state index in [-0.39, 0.29) is 17.2 Å². The van der Waals surface area contributed by atoms with E-state index in [9.17, 15) is 9.59 Å². The van der Waals surface area contributed by atoms with Gasteiger partial charge in [-0.2, -0.15) is 0 Å². The summed E-state index contributed by atoms with van der Waals surface area (Å²) in [6.45, 7) is 4.23. The van der Waals surface area contributed by atoms with Gasteiger partial charge in [0.1, 0.15) is 5.54 Å². The number of fused-ring (bicyclic) bond motifs is 1. The van der Waals surface area contributed by atoms with E-state index in [1.54, 1.807) is 6.07 Å². The van der Waals surface area contributed by atoms with Crippen LogP contribution in [-0.2, 0) is 16.6 Å². The van der Waals surface area contributed by atoms with Crippen molar-refractivity contribution in [1.82, 2.24) is 20.6 Å². The van der Waals surface area contributed by atoms with Crippen LogP contribution in [0.25, 0.3) is 10.9 Å². The molecule has 4 aromatic rings. The number of aromatic nitrogens is 2. The smallest absolute Gasteiger partial charge is 0.252 e. The minimum Gasteiger partial charge on any atom is -0.361 e. The van der Waals surface area contributed by atoms with E-state index in [4.69, 9.17) is 0 Å². The van der Waals surface area contributed by atoms with Gasteiger partial charge in [0.2, 0.25) is 5.91 Å². The summed E-state index contributed by atoms with van der Waals surface area (Å²) in [5, 5.41) is 7.42. The van der Waals surface area contributed by atoms with Crippen LogP contribution in [-0.4, -0.2) is 33.9 Å². The summed E-state index contributed by atoms with van der Waals surface area (Å²) in [6.07, 6.45) is 9.53. The lowest BCUT2D eigenvalue weighted by atomic mass is 9.71. The van der Waals surface area contributed by atoms with Gasteiger partial charge in [-0.15, -0.1) is 0 Å². The molecule has 2 amide bonds. The normalized spacial score (nSPS) is 16.5. The second-order valence-electron chi connectivity index (χ2n) is 10.9. The minimum atomic E-state index is -1.16. The molecule has 0 aliphatic heterocycles. The standard InChI is InChI=1S/C32H36N4O2/c1-23-12-4-5-13-25(23)29(37)36-31(2,20-24-21-34-27-15-7-6-14-26(24)27)30(38)35-22-32(17-9-3-10-18-32)28-16-8-11-19-33-28/h4-8,11-16,19,21,34H,3,9-10,17-18,20,22H2,1-2H3,(H,35,38)(H,36,37)/t31-/m0/s1. The highest BCUT2D eigenvalue weighted by Gasteiger charge is 2.40. The van der Waals surface area contributed by atoms with Gasteiger partial charge in [-0.05, 0) is 62.1 Å². The van der Waals surface area contributed by atoms with Crippen LogP contribution in [0.1, 0.15) is 66.2 Å². The molecule has 0 saturated heterocycles. The third kappa shape index (κ3) is 5.21. The van der Waals surface area contributed by atoms with Crippen LogP contribution < -0.4 is 10.6 Å². The molecule has 5 rings (SSSR count). The fourth-order valence-corrected chi connectivity index (χ4v) is 5.86. The van der Waals surface area contributed by atoms with Gasteiger partial charge in [0, 0.05) is 52.9 Å². The largest absolute Gasteiger partial charge is 0.361 e. The van der Waals surface area contributed by atoms with Crippen LogP contribution in [0.4, 0.5) is 0 Å². The van der Waals surface area contributed by atoms with Crippen LogP contribution in [0, 0.1) is 6.92 Å². The van der Waals surface area contributed by atoms with Crippen molar-refractivity contribution >= 4 is 22.7 Å². The number of benzene rings is 2. The monoisotopic (exact) mass is 508 g/mol. The summed E-state index contributed by atoms with van der Waals surface area (Å²) < 4.78 is 0. The van der Waals surface area contributed by atoms with Gasteiger partial charge < -0.3 is 15.6 Å². The summed E-state index contributed by atoms with van der Waals surface area (Å²) in [5.74, 6) is -0.441. The number of amides is 2. The Kier molecular flexibility index (Phi) is 7.32. The van der Waals surface area contributed by atoms with Gasteiger partial charge in [-0.1, -0.05) is 61.7 Å². The maximum Gasteiger partial charge on any atom is 0.252 e. The maximum absolute atomic E-state index is 14.0. The zero-order chi connectivity index (χ0) is 26.6. The number of aromatic amines is 1. The summed E-state index contributed by atoms with van der Waals surface area (Å²) in [5.41, 5.74) is 3.11. The average molecular weight is 509 g/mol. The van der Waals surface area contributed by atoms with Crippen molar-refractivity contribution in [2.24, 2.45) is 0 Å². The third-order valence-electron chi connectivity index (χ3n) is 8.11. The van der Waals surface area contributed by atoms with E-state index >= 15 is 0 Å². The number of pyridine rings is 1. The molecule has 0 radical (unpaired) electrons. The quantitative estimate of drug-likeness (QED) is 0.289. The van der Waals surface area contributed by atoms with E-state index < -0.39 is 5.54 Å². The Morgan fingerprint density at radius 2 is 1.71 bits per heavy atom. The number of carbonyl (C=O) groups excluding carboxylic acids is 2. The van der Waals surface area contributed by atoms with E-state index in [2.05, 4.69) is 26.7 Å². The number of carbonyl (C=O) groups is 2. The molecule has 2 aromatic carbocycles. The highest BCUT2D eigenvalue weighted by atomic mass is 16.2. The van der Waals surface area contributed by atoms with Crippen molar-refractivity contribution in [3.63, 3.8) is 0 Å². The molecule has 1 atom stereocenters. The molecule has 0 bridgehead atoms. The van der Waals surface area contributed by atoms with E-state index in [0.29, 0.717) is 18.5 Å². The molecule has 6 nitrogen and oxygen atoms in total. The maximum atomic E-state index is 14.0. The Labute approximate surface area is 224 Å². The first kappa shape index (κ1) is 25.7. The first-order valence-corrected chi connectivity index (χ1v) is 13.5. The third-order valence-corrected chi connectivity index (χ3v) is 8.11. The Hall–Kier alpha value is -3.93. The Balaban J connectivity index is 1.44.